The molecular formula is C69H104N6O12. The number of carboxylic acids is 2. The van der Waals surface area contributed by atoms with Crippen LogP contribution < -0.4 is 5.32 Å². The molecule has 0 aromatic heterocycles. The molecule has 3 aromatic rings. The van der Waals surface area contributed by atoms with Crippen molar-refractivity contribution in [3.05, 3.63) is 108 Å². The molecule has 3 N–H and O–H groups in total. The zero-order valence-corrected chi connectivity index (χ0v) is 51.9. The Morgan fingerprint density at radius 1 is 0.379 bits per heavy atom. The van der Waals surface area contributed by atoms with E-state index in [1.807, 2.05) is 101 Å². The number of rotatable bonds is 10. The van der Waals surface area contributed by atoms with Crippen molar-refractivity contribution in [1.29, 1.82) is 0 Å². The smallest absolute Gasteiger partial charge is 0.410 e. The first kappa shape index (κ1) is 71.1. The lowest BCUT2D eigenvalue weighted by atomic mass is 9.81. The van der Waals surface area contributed by atoms with Crippen LogP contribution in [0.5, 0.6) is 0 Å². The molecule has 18 heteroatoms. The molecule has 7 aliphatic rings. The molecule has 4 saturated carbocycles. The zero-order valence-electron chi connectivity index (χ0n) is 51.9. The summed E-state index contributed by atoms with van der Waals surface area (Å²) in [5, 5.41) is 20.5. The Labute approximate surface area is 519 Å². The Hall–Kier alpha value is -6.69. The van der Waals surface area contributed by atoms with Crippen molar-refractivity contribution >= 4 is 42.0 Å². The highest BCUT2D eigenvalue weighted by atomic mass is 16.6. The van der Waals surface area contributed by atoms with Crippen LogP contribution in [-0.2, 0) is 53.2 Å². The number of aliphatic carboxylic acids is 2. The average molecular weight is 1210 g/mol. The van der Waals surface area contributed by atoms with Crippen molar-refractivity contribution in [2.75, 3.05) is 78.5 Å². The van der Waals surface area contributed by atoms with E-state index in [2.05, 4.69) is 33.0 Å². The Morgan fingerprint density at radius 2 is 0.632 bits per heavy atom. The summed E-state index contributed by atoms with van der Waals surface area (Å²) in [7, 11) is 0. The average Bonchev–Trinajstić information content (AvgIpc) is 3.74. The molecule has 482 valence electrons. The summed E-state index contributed by atoms with van der Waals surface area (Å²) in [5.74, 6) is 2.15. The minimum atomic E-state index is -0.605. The van der Waals surface area contributed by atoms with Gasteiger partial charge in [-0.05, 0) is 91.7 Å². The van der Waals surface area contributed by atoms with Crippen LogP contribution >= 0.6 is 0 Å². The quantitative estimate of drug-likeness (QED) is 0.161. The molecule has 7 fully saturated rings. The molecule has 0 unspecified atom stereocenters. The van der Waals surface area contributed by atoms with Gasteiger partial charge in [0, 0.05) is 90.4 Å². The van der Waals surface area contributed by atoms with E-state index < -0.39 is 11.9 Å². The highest BCUT2D eigenvalue weighted by molar-refractivity contribution is 5.80. The Kier molecular flexibility index (Phi) is 31.5. The highest BCUT2D eigenvalue weighted by Gasteiger charge is 2.34. The molecule has 0 radical (unpaired) electrons. The van der Waals surface area contributed by atoms with Crippen LogP contribution in [0, 0.1) is 47.3 Å². The fourth-order valence-corrected chi connectivity index (χ4v) is 12.6. The Morgan fingerprint density at radius 3 is 0.897 bits per heavy atom. The van der Waals surface area contributed by atoms with Gasteiger partial charge in [0.1, 0.15) is 19.8 Å². The fraction of sp³-hybridized carbons (Fsp3) is 0.638. The summed E-state index contributed by atoms with van der Waals surface area (Å²) in [4.78, 5) is 91.4. The van der Waals surface area contributed by atoms with Crippen molar-refractivity contribution in [2.24, 2.45) is 47.3 Å². The third-order valence-corrected chi connectivity index (χ3v) is 17.8. The standard InChI is InChI=1S/2C20H28N2O3.C12H16N2O2.2C8H14O2.CH4/c2*1-16-6-5-9-18(14-16)19(23)21-10-12-22(13-11-21)20(24)25-15-17-7-3-2-4-8-17;15-12(14-8-6-13-7-9-14)16-10-11-4-2-1-3-5-11;2*1-6-3-2-4-7(5-6)8(9)10;/h2*2-4,7-8,16,18H,5-6,9-15H2,1H3;1-5,13H,6-10H2;2*6-7H,2-5H2,1H3,(H,9,10);1H4/t2*16-,18+;;2*6-,7+;/m10.10./s1. The van der Waals surface area contributed by atoms with Gasteiger partial charge in [-0.3, -0.25) is 19.2 Å². The van der Waals surface area contributed by atoms with Gasteiger partial charge in [-0.2, -0.15) is 0 Å². The van der Waals surface area contributed by atoms with E-state index in [1.165, 1.54) is 25.7 Å². The van der Waals surface area contributed by atoms with Crippen molar-refractivity contribution in [1.82, 2.24) is 29.8 Å². The largest absolute Gasteiger partial charge is 0.481 e. The van der Waals surface area contributed by atoms with Gasteiger partial charge in [-0.1, -0.05) is 177 Å². The summed E-state index contributed by atoms with van der Waals surface area (Å²) in [6.07, 6.45) is 16.2. The SMILES string of the molecule is C.C[C@@H]1CCC[C@H](C(=O)N2CCN(C(=O)OCc3ccccc3)CC2)C1.C[C@@H]1CCC[C@H](C(=O)O)C1.C[C@H]1CCC[C@@H](C(=O)N2CCN(C(=O)OCc3ccccc3)CC2)C1.C[C@H]1CCC[C@@H](C(=O)O)C1.O=C(OCc1ccccc1)N1CCNCC1. The predicted octanol–water partition coefficient (Wildman–Crippen LogP) is 12.2. The number of nitrogens with one attached hydrogen (secondary N) is 1. The molecular weight excluding hydrogens is 1100 g/mol. The van der Waals surface area contributed by atoms with Crippen LogP contribution in [-0.4, -0.2) is 155 Å². The van der Waals surface area contributed by atoms with Crippen LogP contribution in [0.25, 0.3) is 0 Å². The molecule has 3 saturated heterocycles. The molecule has 87 heavy (non-hydrogen) atoms. The van der Waals surface area contributed by atoms with Gasteiger partial charge in [0.15, 0.2) is 0 Å². The number of carbonyl (C=O) groups excluding carboxylic acids is 5. The summed E-state index contributed by atoms with van der Waals surface area (Å²) in [6.45, 7) is 17.5. The summed E-state index contributed by atoms with van der Waals surface area (Å²) < 4.78 is 16.0. The first-order chi connectivity index (χ1) is 41.5. The zero-order chi connectivity index (χ0) is 61.6. The van der Waals surface area contributed by atoms with E-state index in [1.54, 1.807) is 14.7 Å². The van der Waals surface area contributed by atoms with Gasteiger partial charge in [0.2, 0.25) is 11.8 Å². The van der Waals surface area contributed by atoms with Crippen LogP contribution in [0.1, 0.15) is 155 Å². The topological polar surface area (TPSA) is 216 Å². The van der Waals surface area contributed by atoms with Crippen LogP contribution in [0.3, 0.4) is 0 Å². The van der Waals surface area contributed by atoms with E-state index in [-0.39, 0.29) is 61.2 Å². The van der Waals surface area contributed by atoms with Gasteiger partial charge in [0.05, 0.1) is 11.8 Å². The molecule has 3 heterocycles. The number of carboxylic acid groups (broad SMARTS) is 2. The van der Waals surface area contributed by atoms with Crippen molar-refractivity contribution in [2.45, 2.75) is 158 Å². The van der Waals surface area contributed by atoms with Crippen molar-refractivity contribution in [3.8, 4) is 0 Å². The maximum atomic E-state index is 12.7. The number of ether oxygens (including phenoxy) is 3. The van der Waals surface area contributed by atoms with E-state index in [9.17, 15) is 33.6 Å². The first-order valence-electron chi connectivity index (χ1n) is 32.1. The van der Waals surface area contributed by atoms with Crippen molar-refractivity contribution in [3.63, 3.8) is 0 Å². The Bertz CT molecular complexity index is 2370. The number of piperazine rings is 3. The van der Waals surface area contributed by atoms with Gasteiger partial charge in [-0.15, -0.1) is 0 Å². The first-order valence-corrected chi connectivity index (χ1v) is 32.1. The Balaban J connectivity index is 0.000000208. The number of nitrogens with zero attached hydrogens (tertiary/aromatic N) is 5. The minimum absolute atomic E-state index is 0. The monoisotopic (exact) mass is 1210 g/mol. The second kappa shape index (κ2) is 38.6. The lowest BCUT2D eigenvalue weighted by molar-refractivity contribution is -0.144. The van der Waals surface area contributed by atoms with Crippen molar-refractivity contribution < 1.29 is 58.0 Å². The van der Waals surface area contributed by atoms with Gasteiger partial charge in [0.25, 0.3) is 0 Å². The summed E-state index contributed by atoms with van der Waals surface area (Å²) >= 11 is 0. The fourth-order valence-electron chi connectivity index (χ4n) is 12.6. The van der Waals surface area contributed by atoms with Gasteiger partial charge >= 0.3 is 30.2 Å². The maximum absolute atomic E-state index is 12.7. The third-order valence-electron chi connectivity index (χ3n) is 17.8. The maximum Gasteiger partial charge on any atom is 0.410 e. The summed E-state index contributed by atoms with van der Waals surface area (Å²) in [5.41, 5.74) is 2.98. The number of carbonyl (C=O) groups is 7. The van der Waals surface area contributed by atoms with Gasteiger partial charge < -0.3 is 54.2 Å². The van der Waals surface area contributed by atoms with Crippen LogP contribution in [0.4, 0.5) is 14.4 Å². The molecule has 3 aliphatic heterocycles. The third kappa shape index (κ3) is 25.5. The summed E-state index contributed by atoms with van der Waals surface area (Å²) in [6, 6.07) is 29.1. The molecule has 4 aliphatic carbocycles. The number of hydrogen-bond donors (Lipinski definition) is 3. The van der Waals surface area contributed by atoms with Gasteiger partial charge in [-0.25, -0.2) is 14.4 Å². The molecule has 18 nitrogen and oxygen atoms in total. The minimum Gasteiger partial charge on any atom is -0.481 e. The van der Waals surface area contributed by atoms with Crippen LogP contribution in [0.2, 0.25) is 0 Å². The van der Waals surface area contributed by atoms with Crippen LogP contribution in [0.15, 0.2) is 91.0 Å². The molecule has 8 atom stereocenters. The highest BCUT2D eigenvalue weighted by Crippen LogP contribution is 2.33. The van der Waals surface area contributed by atoms with E-state index in [0.717, 1.165) is 120 Å². The lowest BCUT2D eigenvalue weighted by Gasteiger charge is -2.37. The molecule has 3 aromatic carbocycles. The number of amides is 5. The van der Waals surface area contributed by atoms with E-state index in [4.69, 9.17) is 24.4 Å². The molecule has 5 amide bonds. The predicted molar refractivity (Wildman–Crippen MR) is 337 cm³/mol. The van der Waals surface area contributed by atoms with E-state index >= 15 is 0 Å². The second-order valence-electron chi connectivity index (χ2n) is 25.0. The van der Waals surface area contributed by atoms with E-state index in [0.29, 0.717) is 95.9 Å². The molecule has 0 spiro atoms. The number of benzene rings is 3. The lowest BCUT2D eigenvalue weighted by Crippen LogP contribution is -2.52. The second-order valence-corrected chi connectivity index (χ2v) is 25.0. The normalized spacial score (nSPS) is 24.5. The molecule has 0 bridgehead atoms. The molecule has 10 rings (SSSR count). The number of hydrogen-bond acceptors (Lipinski definition) is 11.